The van der Waals surface area contributed by atoms with Crippen LogP contribution in [0.25, 0.3) is 10.2 Å². The average Bonchev–Trinajstić information content (AvgIpc) is 3.10. The number of benzene rings is 2. The molecule has 2 N–H and O–H groups in total. The van der Waals surface area contributed by atoms with Crippen LogP contribution in [0.1, 0.15) is 24.3 Å². The van der Waals surface area contributed by atoms with Gasteiger partial charge in [-0.2, -0.15) is 0 Å². The molecule has 1 fully saturated rings. The first kappa shape index (κ1) is 18.1. The maximum Gasteiger partial charge on any atom is 0.319 e. The SMILES string of the molecule is O=C(NCc1nc2ccccc2s1)Nc1ccc(N2CCCCC2)c(Cl)c1. The molecule has 0 unspecified atom stereocenters. The molecule has 27 heavy (non-hydrogen) atoms. The zero-order valence-electron chi connectivity index (χ0n) is 14.9. The summed E-state index contributed by atoms with van der Waals surface area (Å²) in [5, 5.41) is 7.24. The van der Waals surface area contributed by atoms with Crippen LogP contribution in [0.15, 0.2) is 42.5 Å². The second-order valence-corrected chi connectivity index (χ2v) is 8.12. The first-order valence-corrected chi connectivity index (χ1v) is 10.3. The maximum absolute atomic E-state index is 12.2. The predicted molar refractivity (Wildman–Crippen MR) is 113 cm³/mol. The van der Waals surface area contributed by atoms with Crippen LogP contribution in [0.2, 0.25) is 5.02 Å². The molecule has 3 aromatic rings. The summed E-state index contributed by atoms with van der Waals surface area (Å²) in [6.45, 7) is 2.47. The number of nitrogens with one attached hydrogen (secondary N) is 2. The number of halogens is 1. The number of fused-ring (bicyclic) bond motifs is 1. The van der Waals surface area contributed by atoms with Crippen molar-refractivity contribution in [2.75, 3.05) is 23.3 Å². The van der Waals surface area contributed by atoms with Crippen LogP contribution >= 0.6 is 22.9 Å². The third-order valence-corrected chi connectivity index (χ3v) is 5.98. The van der Waals surface area contributed by atoms with Crippen LogP contribution < -0.4 is 15.5 Å². The zero-order chi connectivity index (χ0) is 18.6. The first-order valence-electron chi connectivity index (χ1n) is 9.13. The molecule has 2 heterocycles. The summed E-state index contributed by atoms with van der Waals surface area (Å²) in [5.41, 5.74) is 2.68. The monoisotopic (exact) mass is 400 g/mol. The van der Waals surface area contributed by atoms with E-state index in [-0.39, 0.29) is 6.03 Å². The van der Waals surface area contributed by atoms with Crippen molar-refractivity contribution in [3.8, 4) is 0 Å². The van der Waals surface area contributed by atoms with Gasteiger partial charge in [0.2, 0.25) is 0 Å². The quantitative estimate of drug-likeness (QED) is 0.627. The fourth-order valence-electron chi connectivity index (χ4n) is 3.30. The molecular weight excluding hydrogens is 380 g/mol. The van der Waals surface area contributed by atoms with Gasteiger partial charge in [-0.3, -0.25) is 0 Å². The van der Waals surface area contributed by atoms with Gasteiger partial charge in [0, 0.05) is 18.8 Å². The highest BCUT2D eigenvalue weighted by atomic mass is 35.5. The molecule has 4 rings (SSSR count). The molecule has 0 saturated carbocycles. The van der Waals surface area contributed by atoms with Crippen molar-refractivity contribution in [3.05, 3.63) is 52.5 Å². The van der Waals surface area contributed by atoms with E-state index in [1.54, 1.807) is 11.3 Å². The van der Waals surface area contributed by atoms with E-state index in [0.29, 0.717) is 17.3 Å². The molecule has 1 aliphatic rings. The lowest BCUT2D eigenvalue weighted by Crippen LogP contribution is -2.30. The largest absolute Gasteiger partial charge is 0.370 e. The molecule has 0 atom stereocenters. The number of hydrogen-bond acceptors (Lipinski definition) is 4. The predicted octanol–water partition coefficient (Wildman–Crippen LogP) is 5.26. The van der Waals surface area contributed by atoms with Crippen LogP contribution in [-0.4, -0.2) is 24.1 Å². The molecule has 5 nitrogen and oxygen atoms in total. The number of piperidine rings is 1. The van der Waals surface area contributed by atoms with Crippen molar-refractivity contribution in [1.82, 2.24) is 10.3 Å². The van der Waals surface area contributed by atoms with Crippen molar-refractivity contribution in [1.29, 1.82) is 0 Å². The number of thiazole rings is 1. The van der Waals surface area contributed by atoms with E-state index >= 15 is 0 Å². The lowest BCUT2D eigenvalue weighted by molar-refractivity contribution is 0.251. The second kappa shape index (κ2) is 8.15. The van der Waals surface area contributed by atoms with Crippen molar-refractivity contribution in [2.45, 2.75) is 25.8 Å². The Morgan fingerprint density at radius 1 is 1.15 bits per heavy atom. The molecule has 2 amide bonds. The number of urea groups is 1. The van der Waals surface area contributed by atoms with Crippen LogP contribution in [0.3, 0.4) is 0 Å². The van der Waals surface area contributed by atoms with E-state index in [1.807, 2.05) is 42.5 Å². The van der Waals surface area contributed by atoms with Crippen LogP contribution in [0, 0.1) is 0 Å². The Kier molecular flexibility index (Phi) is 5.45. The third kappa shape index (κ3) is 4.34. The maximum atomic E-state index is 12.2. The lowest BCUT2D eigenvalue weighted by atomic mass is 10.1. The van der Waals surface area contributed by atoms with Crippen LogP contribution in [0.5, 0.6) is 0 Å². The van der Waals surface area contributed by atoms with Gasteiger partial charge in [0.05, 0.1) is 27.5 Å². The number of aromatic nitrogens is 1. The van der Waals surface area contributed by atoms with E-state index in [0.717, 1.165) is 34.0 Å². The summed E-state index contributed by atoms with van der Waals surface area (Å²) in [6.07, 6.45) is 3.68. The lowest BCUT2D eigenvalue weighted by Gasteiger charge is -2.29. The molecular formula is C20H21ClN4OS. The van der Waals surface area contributed by atoms with E-state index in [4.69, 9.17) is 11.6 Å². The summed E-state index contributed by atoms with van der Waals surface area (Å²) >= 11 is 8.03. The van der Waals surface area contributed by atoms with Gasteiger partial charge in [-0.05, 0) is 49.6 Å². The van der Waals surface area contributed by atoms with Crippen LogP contribution in [-0.2, 0) is 6.54 Å². The number of nitrogens with zero attached hydrogens (tertiary/aromatic N) is 2. The standard InChI is InChI=1S/C20H21ClN4OS/c21-15-12-14(8-9-17(15)25-10-4-1-5-11-25)23-20(26)22-13-19-24-16-6-2-3-7-18(16)27-19/h2-3,6-9,12H,1,4-5,10-11,13H2,(H2,22,23,26). The number of rotatable bonds is 4. The molecule has 7 heteroatoms. The molecule has 1 saturated heterocycles. The van der Waals surface area contributed by atoms with Crippen molar-refractivity contribution in [2.24, 2.45) is 0 Å². The highest BCUT2D eigenvalue weighted by molar-refractivity contribution is 7.18. The third-order valence-electron chi connectivity index (χ3n) is 4.64. The topological polar surface area (TPSA) is 57.3 Å². The molecule has 0 radical (unpaired) electrons. The van der Waals surface area contributed by atoms with Crippen molar-refractivity contribution < 1.29 is 4.79 Å². The van der Waals surface area contributed by atoms with E-state index < -0.39 is 0 Å². The molecule has 0 aliphatic carbocycles. The molecule has 140 valence electrons. The number of amides is 2. The fraction of sp³-hybridized carbons (Fsp3) is 0.300. The minimum atomic E-state index is -0.268. The molecule has 1 aromatic heterocycles. The Bertz CT molecular complexity index is 919. The second-order valence-electron chi connectivity index (χ2n) is 6.60. The summed E-state index contributed by atoms with van der Waals surface area (Å²) in [6, 6.07) is 13.4. The summed E-state index contributed by atoms with van der Waals surface area (Å²) < 4.78 is 1.12. The molecule has 2 aromatic carbocycles. The number of carbonyl (C=O) groups is 1. The van der Waals surface area contributed by atoms with Gasteiger partial charge in [-0.25, -0.2) is 9.78 Å². The Morgan fingerprint density at radius 2 is 1.96 bits per heavy atom. The van der Waals surface area contributed by atoms with Gasteiger partial charge in [-0.15, -0.1) is 11.3 Å². The number of hydrogen-bond donors (Lipinski definition) is 2. The van der Waals surface area contributed by atoms with Crippen molar-refractivity contribution >= 4 is 50.6 Å². The fourth-order valence-corrected chi connectivity index (χ4v) is 4.51. The highest BCUT2D eigenvalue weighted by Gasteiger charge is 2.14. The highest BCUT2D eigenvalue weighted by Crippen LogP contribution is 2.30. The Balaban J connectivity index is 1.35. The Labute approximate surface area is 167 Å². The van der Waals surface area contributed by atoms with Crippen molar-refractivity contribution in [3.63, 3.8) is 0 Å². The van der Waals surface area contributed by atoms with E-state index in [9.17, 15) is 4.79 Å². The molecule has 0 bridgehead atoms. The summed E-state index contributed by atoms with van der Waals surface area (Å²) in [4.78, 5) is 19.0. The number of para-hydroxylation sites is 1. The summed E-state index contributed by atoms with van der Waals surface area (Å²) in [7, 11) is 0. The van der Waals surface area contributed by atoms with Gasteiger partial charge >= 0.3 is 6.03 Å². The first-order chi connectivity index (χ1) is 13.2. The van der Waals surface area contributed by atoms with E-state index in [2.05, 4.69) is 20.5 Å². The average molecular weight is 401 g/mol. The minimum Gasteiger partial charge on any atom is -0.370 e. The number of carbonyl (C=O) groups excluding carboxylic acids is 1. The molecule has 1 aliphatic heterocycles. The van der Waals surface area contributed by atoms with E-state index in [1.165, 1.54) is 19.3 Å². The van der Waals surface area contributed by atoms with Gasteiger partial charge in [-0.1, -0.05) is 23.7 Å². The van der Waals surface area contributed by atoms with Gasteiger partial charge in [0.1, 0.15) is 5.01 Å². The smallest absolute Gasteiger partial charge is 0.319 e. The van der Waals surface area contributed by atoms with Gasteiger partial charge in [0.15, 0.2) is 0 Å². The Hall–Kier alpha value is -2.31. The Morgan fingerprint density at radius 3 is 2.74 bits per heavy atom. The number of anilines is 2. The van der Waals surface area contributed by atoms with Gasteiger partial charge < -0.3 is 15.5 Å². The summed E-state index contributed by atoms with van der Waals surface area (Å²) in [5.74, 6) is 0. The molecule has 0 spiro atoms. The van der Waals surface area contributed by atoms with Gasteiger partial charge in [0.25, 0.3) is 0 Å². The zero-order valence-corrected chi connectivity index (χ0v) is 16.4. The van der Waals surface area contributed by atoms with Crippen LogP contribution in [0.4, 0.5) is 16.2 Å². The minimum absolute atomic E-state index is 0.268. The normalized spacial score (nSPS) is 14.3.